The number of thioether (sulfide) groups is 1. The van der Waals surface area contributed by atoms with Crippen molar-refractivity contribution in [1.82, 2.24) is 14.9 Å². The number of quaternary nitrogens is 1. The molecule has 2 N–H and O–H groups in total. The predicted octanol–water partition coefficient (Wildman–Crippen LogP) is 1.46. The lowest BCUT2D eigenvalue weighted by Gasteiger charge is -2.23. The Morgan fingerprint density at radius 3 is 2.63 bits per heavy atom. The first-order valence-corrected chi connectivity index (χ1v) is 12.0. The highest BCUT2D eigenvalue weighted by molar-refractivity contribution is 7.99. The highest BCUT2D eigenvalue weighted by Gasteiger charge is 2.21. The summed E-state index contributed by atoms with van der Waals surface area (Å²) in [4.78, 5) is 31.0. The Kier molecular flexibility index (Phi) is 8.51. The van der Waals surface area contributed by atoms with Crippen LogP contribution in [-0.4, -0.2) is 40.8 Å². The van der Waals surface area contributed by atoms with Gasteiger partial charge in [0.1, 0.15) is 5.03 Å². The maximum Gasteiger partial charge on any atom is 0.349 e. The summed E-state index contributed by atoms with van der Waals surface area (Å²) in [5.74, 6) is 0.240. The van der Waals surface area contributed by atoms with Crippen LogP contribution in [0.5, 0.6) is 0 Å². The van der Waals surface area contributed by atoms with E-state index < -0.39 is 0 Å². The number of aromatic nitrogens is 2. The summed E-state index contributed by atoms with van der Waals surface area (Å²) in [5.41, 5.74) is 3.22. The summed E-state index contributed by atoms with van der Waals surface area (Å²) in [6.07, 6.45) is 4.08. The zero-order chi connectivity index (χ0) is 21.3. The molecule has 0 bridgehead atoms. The van der Waals surface area contributed by atoms with E-state index in [0.29, 0.717) is 13.1 Å². The van der Waals surface area contributed by atoms with Gasteiger partial charge in [-0.25, -0.2) is 4.79 Å². The monoisotopic (exact) mass is 429 g/mol. The molecule has 1 aromatic heterocycles. The van der Waals surface area contributed by atoms with Crippen LogP contribution in [0.1, 0.15) is 43.5 Å². The second kappa shape index (κ2) is 11.3. The molecule has 1 aliphatic rings. The van der Waals surface area contributed by atoms with Crippen LogP contribution in [-0.2, 0) is 30.7 Å². The van der Waals surface area contributed by atoms with Gasteiger partial charge in [0.15, 0.2) is 0 Å². The quantitative estimate of drug-likeness (QED) is 0.443. The average Bonchev–Trinajstić information content (AvgIpc) is 2.78. The molecule has 1 heterocycles. The van der Waals surface area contributed by atoms with E-state index in [1.807, 2.05) is 34.9 Å². The number of hydrogen-bond acceptors (Lipinski definition) is 4. The van der Waals surface area contributed by atoms with Crippen molar-refractivity contribution in [2.75, 3.05) is 25.4 Å². The van der Waals surface area contributed by atoms with E-state index in [1.54, 1.807) is 0 Å². The third-order valence-electron chi connectivity index (χ3n) is 5.81. The molecule has 0 aliphatic heterocycles. The van der Waals surface area contributed by atoms with Gasteiger partial charge in [-0.15, -0.1) is 0 Å². The lowest BCUT2D eigenvalue weighted by molar-refractivity contribution is -0.897. The van der Waals surface area contributed by atoms with Crippen LogP contribution in [0.2, 0.25) is 0 Å². The lowest BCUT2D eigenvalue weighted by Crippen LogP contribution is -3.11. The molecule has 6 nitrogen and oxygen atoms in total. The third kappa shape index (κ3) is 5.95. The number of rotatable bonds is 10. The van der Waals surface area contributed by atoms with Crippen molar-refractivity contribution in [3.05, 3.63) is 57.6 Å². The van der Waals surface area contributed by atoms with Gasteiger partial charge >= 0.3 is 5.69 Å². The van der Waals surface area contributed by atoms with E-state index in [2.05, 4.69) is 24.1 Å². The molecule has 0 fully saturated rings. The third-order valence-corrected chi connectivity index (χ3v) is 6.83. The van der Waals surface area contributed by atoms with Crippen molar-refractivity contribution in [3.8, 4) is 0 Å². The van der Waals surface area contributed by atoms with Gasteiger partial charge in [0, 0.05) is 17.8 Å². The maximum atomic E-state index is 12.8. The van der Waals surface area contributed by atoms with Crippen LogP contribution in [0.4, 0.5) is 0 Å². The van der Waals surface area contributed by atoms with Crippen molar-refractivity contribution < 1.29 is 9.69 Å². The molecule has 7 heteroatoms. The zero-order valence-corrected chi connectivity index (χ0v) is 18.9. The molecule has 0 radical (unpaired) electrons. The normalized spacial score (nSPS) is 13.3. The minimum Gasteiger partial charge on any atom is -0.351 e. The Labute approximate surface area is 183 Å². The molecule has 30 heavy (non-hydrogen) atoms. The van der Waals surface area contributed by atoms with E-state index in [1.165, 1.54) is 22.2 Å². The Morgan fingerprint density at radius 1 is 1.17 bits per heavy atom. The summed E-state index contributed by atoms with van der Waals surface area (Å²) >= 11 is 1.39. The fourth-order valence-electron chi connectivity index (χ4n) is 3.95. The van der Waals surface area contributed by atoms with Gasteiger partial charge in [-0.1, -0.05) is 42.1 Å². The first-order valence-electron chi connectivity index (χ1n) is 11.0. The topological polar surface area (TPSA) is 68.4 Å². The number of hydrogen-bond donors (Lipinski definition) is 2. The fourth-order valence-corrected chi connectivity index (χ4v) is 4.86. The number of nitrogens with zero attached hydrogens (tertiary/aromatic N) is 2. The van der Waals surface area contributed by atoms with Crippen molar-refractivity contribution in [2.24, 2.45) is 0 Å². The molecule has 1 aromatic carbocycles. The van der Waals surface area contributed by atoms with E-state index in [9.17, 15) is 9.59 Å². The molecular weight excluding hydrogens is 396 g/mol. The van der Waals surface area contributed by atoms with Crippen LogP contribution >= 0.6 is 11.8 Å². The summed E-state index contributed by atoms with van der Waals surface area (Å²) in [7, 11) is 0. The summed E-state index contributed by atoms with van der Waals surface area (Å²) in [5, 5.41) is 3.69. The summed E-state index contributed by atoms with van der Waals surface area (Å²) < 4.78 is 1.89. The number of nitrogens with one attached hydrogen (secondary N) is 2. The zero-order valence-electron chi connectivity index (χ0n) is 18.1. The molecule has 2 aromatic rings. The van der Waals surface area contributed by atoms with Crippen molar-refractivity contribution >= 4 is 17.7 Å². The molecule has 0 spiro atoms. The Balaban J connectivity index is 1.67. The maximum absolute atomic E-state index is 12.8. The second-order valence-electron chi connectivity index (χ2n) is 7.74. The minimum atomic E-state index is -0.172. The molecule has 1 amide bonds. The highest BCUT2D eigenvalue weighted by Crippen LogP contribution is 2.28. The molecule has 3 rings (SSSR count). The Hall–Kier alpha value is -2.12. The lowest BCUT2D eigenvalue weighted by atomic mass is 9.97. The van der Waals surface area contributed by atoms with E-state index >= 15 is 0 Å². The van der Waals surface area contributed by atoms with Crippen LogP contribution in [0.25, 0.3) is 0 Å². The molecule has 0 saturated carbocycles. The van der Waals surface area contributed by atoms with Gasteiger partial charge in [-0.3, -0.25) is 9.36 Å². The summed E-state index contributed by atoms with van der Waals surface area (Å²) in [6.45, 7) is 8.65. The Morgan fingerprint density at radius 2 is 1.90 bits per heavy atom. The second-order valence-corrected chi connectivity index (χ2v) is 8.71. The highest BCUT2D eigenvalue weighted by atomic mass is 32.2. The smallest absolute Gasteiger partial charge is 0.349 e. The number of carbonyl (C=O) groups excluding carboxylic acids is 1. The number of benzene rings is 1. The van der Waals surface area contributed by atoms with Gasteiger partial charge in [-0.05, 0) is 45.1 Å². The van der Waals surface area contributed by atoms with E-state index in [4.69, 9.17) is 0 Å². The fraction of sp³-hybridized carbons (Fsp3) is 0.522. The number of amides is 1. The van der Waals surface area contributed by atoms with E-state index in [-0.39, 0.29) is 17.3 Å². The number of carbonyl (C=O) groups is 1. The molecular formula is C23H33N4O2S+. The van der Waals surface area contributed by atoms with Crippen LogP contribution in [0.15, 0.2) is 40.2 Å². The largest absolute Gasteiger partial charge is 0.351 e. The van der Waals surface area contributed by atoms with Crippen LogP contribution in [0, 0.1) is 0 Å². The number of likely N-dealkylation sites (N-methyl/N-ethyl adjacent to an activating group) is 1. The first kappa shape index (κ1) is 22.6. The molecule has 0 unspecified atom stereocenters. The van der Waals surface area contributed by atoms with E-state index in [0.717, 1.165) is 61.6 Å². The standard InChI is InChI=1S/C23H32N4O2S/c1-3-26(4-2)14-15-27-20-13-9-8-12-19(20)22(25-23(27)29)30-17-21(28)24-16-18-10-6-5-7-11-18/h5-7,10-11H,3-4,8-9,12-17H2,1-2H3,(H,24,28)/p+1. The van der Waals surface area contributed by atoms with Crippen molar-refractivity contribution in [3.63, 3.8) is 0 Å². The van der Waals surface area contributed by atoms with Gasteiger partial charge < -0.3 is 10.2 Å². The van der Waals surface area contributed by atoms with Gasteiger partial charge in [0.25, 0.3) is 0 Å². The van der Waals surface area contributed by atoms with Gasteiger partial charge in [0.2, 0.25) is 5.91 Å². The Bertz CT molecular complexity index is 894. The van der Waals surface area contributed by atoms with Crippen LogP contribution in [0.3, 0.4) is 0 Å². The molecule has 1 aliphatic carbocycles. The average molecular weight is 430 g/mol. The molecule has 162 valence electrons. The number of fused-ring (bicyclic) bond motifs is 1. The van der Waals surface area contributed by atoms with Gasteiger partial charge in [0.05, 0.1) is 31.9 Å². The molecule has 0 atom stereocenters. The SMILES string of the molecule is CC[NH+](CC)CCn1c2c(c(SCC(=O)NCc3ccccc3)nc1=O)CCCC2. The predicted molar refractivity (Wildman–Crippen MR) is 121 cm³/mol. The van der Waals surface area contributed by atoms with Crippen molar-refractivity contribution in [1.29, 1.82) is 0 Å². The van der Waals surface area contributed by atoms with Crippen LogP contribution < -0.4 is 15.9 Å². The first-order chi connectivity index (χ1) is 14.6. The van der Waals surface area contributed by atoms with Gasteiger partial charge in [-0.2, -0.15) is 4.98 Å². The minimum absolute atomic E-state index is 0.0375. The molecule has 0 saturated heterocycles. The summed E-state index contributed by atoms with van der Waals surface area (Å²) in [6, 6.07) is 9.86. The van der Waals surface area contributed by atoms with Crippen molar-refractivity contribution in [2.45, 2.75) is 57.6 Å².